The summed E-state index contributed by atoms with van der Waals surface area (Å²) in [6, 6.07) is 3.68. The highest BCUT2D eigenvalue weighted by Gasteiger charge is 2.32. The molecule has 0 aliphatic heterocycles. The van der Waals surface area contributed by atoms with Gasteiger partial charge in [0.15, 0.2) is 17.2 Å². The minimum Gasteiger partial charge on any atom is -0.502 e. The molecular formula is C15H9ClF3N5O4. The van der Waals surface area contributed by atoms with E-state index in [-0.39, 0.29) is 28.6 Å². The normalized spacial score (nSPS) is 11.6. The Labute approximate surface area is 158 Å². The molecule has 146 valence electrons. The predicted octanol–water partition coefficient (Wildman–Crippen LogP) is 2.95. The van der Waals surface area contributed by atoms with Gasteiger partial charge in [0.1, 0.15) is 0 Å². The van der Waals surface area contributed by atoms with Gasteiger partial charge in [0.2, 0.25) is 0 Å². The Bertz CT molecular complexity index is 1100. The van der Waals surface area contributed by atoms with Gasteiger partial charge in [-0.1, -0.05) is 11.6 Å². The number of hydrogen-bond donors (Lipinski definition) is 2. The molecule has 0 aliphatic carbocycles. The van der Waals surface area contributed by atoms with E-state index in [9.17, 15) is 33.2 Å². The summed E-state index contributed by atoms with van der Waals surface area (Å²) < 4.78 is 39.8. The van der Waals surface area contributed by atoms with Crippen LogP contribution in [0, 0.1) is 10.1 Å². The Balaban J connectivity index is 1.84. The lowest BCUT2D eigenvalue weighted by molar-refractivity contribution is -0.385. The van der Waals surface area contributed by atoms with Gasteiger partial charge < -0.3 is 10.4 Å². The highest BCUT2D eigenvalue weighted by atomic mass is 35.5. The number of hydrogen-bond acceptors (Lipinski definition) is 6. The van der Waals surface area contributed by atoms with E-state index >= 15 is 0 Å². The van der Waals surface area contributed by atoms with Gasteiger partial charge in [0.25, 0.3) is 5.91 Å². The van der Waals surface area contributed by atoms with Crippen LogP contribution in [0.1, 0.15) is 21.7 Å². The Hall–Kier alpha value is -3.41. The number of fused-ring (bicyclic) bond motifs is 1. The van der Waals surface area contributed by atoms with E-state index in [4.69, 9.17) is 11.6 Å². The van der Waals surface area contributed by atoms with E-state index < -0.39 is 34.0 Å². The average molecular weight is 416 g/mol. The maximum absolute atomic E-state index is 12.9. The highest BCUT2D eigenvalue weighted by molar-refractivity contribution is 6.33. The molecule has 13 heteroatoms. The van der Waals surface area contributed by atoms with Crippen LogP contribution in [0.5, 0.6) is 5.75 Å². The van der Waals surface area contributed by atoms with E-state index in [1.807, 2.05) is 0 Å². The van der Waals surface area contributed by atoms with Crippen LogP contribution in [0.4, 0.5) is 18.9 Å². The summed E-state index contributed by atoms with van der Waals surface area (Å²) in [7, 11) is 0. The number of carbonyl (C=O) groups excluding carboxylic acids is 1. The van der Waals surface area contributed by atoms with E-state index in [2.05, 4.69) is 15.5 Å². The highest BCUT2D eigenvalue weighted by Crippen LogP contribution is 2.32. The molecule has 28 heavy (non-hydrogen) atoms. The van der Waals surface area contributed by atoms with Gasteiger partial charge in [-0.2, -0.15) is 13.2 Å². The Morgan fingerprint density at radius 2 is 2.04 bits per heavy atom. The molecule has 0 fully saturated rings. The van der Waals surface area contributed by atoms with Crippen LogP contribution in [0.2, 0.25) is 5.02 Å². The lowest BCUT2D eigenvalue weighted by Crippen LogP contribution is -2.24. The number of phenols is 1. The van der Waals surface area contributed by atoms with Crippen molar-refractivity contribution in [2.45, 2.75) is 12.7 Å². The van der Waals surface area contributed by atoms with E-state index in [1.165, 1.54) is 0 Å². The van der Waals surface area contributed by atoms with Gasteiger partial charge in [0, 0.05) is 17.8 Å². The Kier molecular flexibility index (Phi) is 4.81. The largest absolute Gasteiger partial charge is 0.502 e. The van der Waals surface area contributed by atoms with Crippen molar-refractivity contribution >= 4 is 28.8 Å². The minimum absolute atomic E-state index is 0.0214. The maximum Gasteiger partial charge on any atom is 0.417 e. The molecule has 2 aromatic heterocycles. The molecule has 1 aromatic carbocycles. The first-order valence-electron chi connectivity index (χ1n) is 7.44. The van der Waals surface area contributed by atoms with Crippen molar-refractivity contribution < 1.29 is 28.0 Å². The quantitative estimate of drug-likeness (QED) is 0.499. The number of alkyl halides is 3. The molecule has 0 radical (unpaired) electrons. The second kappa shape index (κ2) is 6.96. The standard InChI is InChI=1S/C15H9ClF3N5O4/c16-9-4-8(15(17,18)19)6-23-12(21-22-13(9)23)5-20-14(26)7-1-2-10(24(27)28)11(25)3-7/h1-4,6,25H,5H2,(H,20,26). The number of nitro benzene ring substituents is 1. The predicted molar refractivity (Wildman–Crippen MR) is 88.9 cm³/mol. The molecule has 0 unspecified atom stereocenters. The van der Waals surface area contributed by atoms with Crippen LogP contribution in [0.3, 0.4) is 0 Å². The van der Waals surface area contributed by atoms with Crippen molar-refractivity contribution in [3.8, 4) is 5.75 Å². The average Bonchev–Trinajstić information content (AvgIpc) is 3.02. The summed E-state index contributed by atoms with van der Waals surface area (Å²) in [4.78, 5) is 22.0. The number of nitrogens with zero attached hydrogens (tertiary/aromatic N) is 4. The molecule has 0 saturated carbocycles. The van der Waals surface area contributed by atoms with E-state index in [0.29, 0.717) is 6.07 Å². The van der Waals surface area contributed by atoms with Crippen molar-refractivity contribution in [1.29, 1.82) is 0 Å². The number of amides is 1. The van der Waals surface area contributed by atoms with Crippen LogP contribution in [0.25, 0.3) is 5.65 Å². The number of phenolic OH excluding ortho intramolecular Hbond substituents is 1. The molecule has 0 aliphatic rings. The molecular weight excluding hydrogens is 407 g/mol. The molecule has 9 nitrogen and oxygen atoms in total. The number of pyridine rings is 1. The second-order valence-electron chi connectivity index (χ2n) is 5.53. The second-order valence-corrected chi connectivity index (χ2v) is 5.93. The summed E-state index contributed by atoms with van der Waals surface area (Å²) in [5.74, 6) is -1.46. The van der Waals surface area contributed by atoms with Gasteiger partial charge in [-0.3, -0.25) is 19.3 Å². The van der Waals surface area contributed by atoms with Gasteiger partial charge >= 0.3 is 11.9 Å². The first-order chi connectivity index (χ1) is 13.1. The molecule has 2 heterocycles. The fourth-order valence-electron chi connectivity index (χ4n) is 2.36. The summed E-state index contributed by atoms with van der Waals surface area (Å²) in [5.41, 5.74) is -1.70. The van der Waals surface area contributed by atoms with Crippen molar-refractivity contribution in [1.82, 2.24) is 19.9 Å². The summed E-state index contributed by atoms with van der Waals surface area (Å²) in [5, 5.41) is 29.8. The number of nitro groups is 1. The fraction of sp³-hybridized carbons (Fsp3) is 0.133. The lowest BCUT2D eigenvalue weighted by atomic mass is 10.2. The van der Waals surface area contributed by atoms with E-state index in [1.54, 1.807) is 0 Å². The minimum atomic E-state index is -4.64. The zero-order valence-corrected chi connectivity index (χ0v) is 14.3. The van der Waals surface area contributed by atoms with Crippen molar-refractivity contribution in [2.24, 2.45) is 0 Å². The third kappa shape index (κ3) is 3.67. The number of rotatable bonds is 4. The molecule has 3 rings (SSSR count). The van der Waals surface area contributed by atoms with Crippen LogP contribution in [-0.2, 0) is 12.7 Å². The summed E-state index contributed by atoms with van der Waals surface area (Å²) in [6.07, 6.45) is -3.89. The Morgan fingerprint density at radius 3 is 2.64 bits per heavy atom. The van der Waals surface area contributed by atoms with Gasteiger partial charge in [-0.15, -0.1) is 10.2 Å². The van der Waals surface area contributed by atoms with Crippen molar-refractivity contribution in [3.63, 3.8) is 0 Å². The monoisotopic (exact) mass is 415 g/mol. The first kappa shape index (κ1) is 19.4. The first-order valence-corrected chi connectivity index (χ1v) is 7.81. The van der Waals surface area contributed by atoms with Gasteiger partial charge in [0.05, 0.1) is 22.1 Å². The topological polar surface area (TPSA) is 123 Å². The number of aromatic nitrogens is 3. The number of halogens is 4. The van der Waals surface area contributed by atoms with Crippen LogP contribution in [0.15, 0.2) is 30.5 Å². The number of nitrogens with one attached hydrogen (secondary N) is 1. The summed E-state index contributed by atoms with van der Waals surface area (Å²) in [6.45, 7) is -0.310. The zero-order valence-electron chi connectivity index (χ0n) is 13.6. The lowest BCUT2D eigenvalue weighted by Gasteiger charge is -2.09. The van der Waals surface area contributed by atoms with Gasteiger partial charge in [-0.25, -0.2) is 0 Å². The SMILES string of the molecule is O=C(NCc1nnc2c(Cl)cc(C(F)(F)F)cn12)c1ccc([N+](=O)[O-])c(O)c1. The van der Waals surface area contributed by atoms with Crippen molar-refractivity contribution in [2.75, 3.05) is 0 Å². The van der Waals surface area contributed by atoms with Crippen LogP contribution in [-0.4, -0.2) is 30.5 Å². The summed E-state index contributed by atoms with van der Waals surface area (Å²) >= 11 is 5.80. The van der Waals surface area contributed by atoms with E-state index in [0.717, 1.165) is 28.8 Å². The zero-order chi connectivity index (χ0) is 20.6. The van der Waals surface area contributed by atoms with Crippen LogP contribution < -0.4 is 5.32 Å². The molecule has 1 amide bonds. The fourth-order valence-corrected chi connectivity index (χ4v) is 2.60. The van der Waals surface area contributed by atoms with Crippen LogP contribution >= 0.6 is 11.6 Å². The third-order valence-corrected chi connectivity index (χ3v) is 3.98. The molecule has 0 atom stereocenters. The molecule has 0 saturated heterocycles. The van der Waals surface area contributed by atoms with Crippen molar-refractivity contribution in [3.05, 3.63) is 62.6 Å². The smallest absolute Gasteiger partial charge is 0.417 e. The molecule has 0 bridgehead atoms. The number of benzene rings is 1. The van der Waals surface area contributed by atoms with Gasteiger partial charge in [-0.05, 0) is 18.2 Å². The maximum atomic E-state index is 12.9. The molecule has 0 spiro atoms. The number of aromatic hydroxyl groups is 1. The molecule has 2 N–H and O–H groups in total. The third-order valence-electron chi connectivity index (χ3n) is 3.70. The Morgan fingerprint density at radius 1 is 1.32 bits per heavy atom. The molecule has 3 aromatic rings. The number of carbonyl (C=O) groups is 1.